The third-order valence-electron chi connectivity index (χ3n) is 2.69. The molecule has 0 atom stereocenters. The van der Waals surface area contributed by atoms with Crippen molar-refractivity contribution in [3.63, 3.8) is 0 Å². The maximum Gasteiger partial charge on any atom is 0.0600 e. The van der Waals surface area contributed by atoms with E-state index in [4.69, 9.17) is 10.5 Å². The molecule has 18 heavy (non-hydrogen) atoms. The molecule has 3 heteroatoms. The Morgan fingerprint density at radius 3 is 2.50 bits per heavy atom. The molecule has 0 heterocycles. The van der Waals surface area contributed by atoms with Crippen LogP contribution in [0.4, 0.5) is 0 Å². The molecule has 0 bridgehead atoms. The summed E-state index contributed by atoms with van der Waals surface area (Å²) in [5.41, 5.74) is 8.08. The number of ether oxygens (including phenoxy) is 1. The predicted molar refractivity (Wildman–Crippen MR) is 76.4 cm³/mol. The number of benzene rings is 1. The van der Waals surface area contributed by atoms with Gasteiger partial charge in [0.05, 0.1) is 12.2 Å². The number of hydrogen-bond donors (Lipinski definition) is 1. The second kappa shape index (κ2) is 6.88. The average Bonchev–Trinajstić information content (AvgIpc) is 2.27. The molecule has 0 aliphatic heterocycles. The molecule has 0 radical (unpaired) electrons. The molecule has 0 aromatic heterocycles. The SMILES string of the molecule is CN(CCOC(C)(C)C)Cc1cccc(CN)c1. The van der Waals surface area contributed by atoms with Gasteiger partial charge < -0.3 is 10.5 Å². The molecule has 0 aliphatic carbocycles. The monoisotopic (exact) mass is 250 g/mol. The van der Waals surface area contributed by atoms with Gasteiger partial charge in [0.1, 0.15) is 0 Å². The Labute approximate surface area is 111 Å². The van der Waals surface area contributed by atoms with Crippen molar-refractivity contribution in [2.45, 2.75) is 39.5 Å². The molecule has 0 spiro atoms. The van der Waals surface area contributed by atoms with Gasteiger partial charge in [-0.2, -0.15) is 0 Å². The van der Waals surface area contributed by atoms with E-state index < -0.39 is 0 Å². The summed E-state index contributed by atoms with van der Waals surface area (Å²) in [4.78, 5) is 2.27. The van der Waals surface area contributed by atoms with E-state index in [1.54, 1.807) is 0 Å². The van der Waals surface area contributed by atoms with Crippen LogP contribution in [0.25, 0.3) is 0 Å². The summed E-state index contributed by atoms with van der Waals surface area (Å²) >= 11 is 0. The fourth-order valence-electron chi connectivity index (χ4n) is 1.75. The van der Waals surface area contributed by atoms with E-state index in [0.717, 1.165) is 19.7 Å². The lowest BCUT2D eigenvalue weighted by Crippen LogP contribution is -2.28. The van der Waals surface area contributed by atoms with E-state index in [2.05, 4.69) is 57.0 Å². The molecule has 1 aromatic carbocycles. The lowest BCUT2D eigenvalue weighted by atomic mass is 10.1. The van der Waals surface area contributed by atoms with E-state index >= 15 is 0 Å². The van der Waals surface area contributed by atoms with Crippen LogP contribution in [0.3, 0.4) is 0 Å². The first-order valence-electron chi connectivity index (χ1n) is 6.51. The third-order valence-corrected chi connectivity index (χ3v) is 2.69. The number of nitrogens with zero attached hydrogens (tertiary/aromatic N) is 1. The van der Waals surface area contributed by atoms with Crippen molar-refractivity contribution in [2.24, 2.45) is 5.73 Å². The average molecular weight is 250 g/mol. The van der Waals surface area contributed by atoms with Crippen molar-refractivity contribution in [1.29, 1.82) is 0 Å². The van der Waals surface area contributed by atoms with Crippen LogP contribution in [0.1, 0.15) is 31.9 Å². The Hall–Kier alpha value is -0.900. The highest BCUT2D eigenvalue weighted by molar-refractivity contribution is 5.23. The van der Waals surface area contributed by atoms with Crippen molar-refractivity contribution in [3.8, 4) is 0 Å². The summed E-state index contributed by atoms with van der Waals surface area (Å²) in [6.45, 7) is 9.47. The van der Waals surface area contributed by atoms with Gasteiger partial charge in [0.15, 0.2) is 0 Å². The number of likely N-dealkylation sites (N-methyl/N-ethyl adjacent to an activating group) is 1. The summed E-state index contributed by atoms with van der Waals surface area (Å²) in [5.74, 6) is 0. The van der Waals surface area contributed by atoms with Crippen molar-refractivity contribution in [2.75, 3.05) is 20.2 Å². The number of hydrogen-bond acceptors (Lipinski definition) is 3. The van der Waals surface area contributed by atoms with Crippen molar-refractivity contribution in [1.82, 2.24) is 4.90 Å². The lowest BCUT2D eigenvalue weighted by Gasteiger charge is -2.23. The second-order valence-electron chi connectivity index (χ2n) is 5.72. The van der Waals surface area contributed by atoms with Gasteiger partial charge in [0, 0.05) is 19.6 Å². The van der Waals surface area contributed by atoms with Crippen LogP contribution in [-0.2, 0) is 17.8 Å². The van der Waals surface area contributed by atoms with Crippen LogP contribution in [0.15, 0.2) is 24.3 Å². The van der Waals surface area contributed by atoms with Crippen LogP contribution in [0, 0.1) is 0 Å². The first-order chi connectivity index (χ1) is 8.40. The van der Waals surface area contributed by atoms with Crippen molar-refractivity contribution in [3.05, 3.63) is 35.4 Å². The van der Waals surface area contributed by atoms with Crippen LogP contribution < -0.4 is 5.73 Å². The van der Waals surface area contributed by atoms with Gasteiger partial charge in [-0.3, -0.25) is 4.90 Å². The zero-order chi connectivity index (χ0) is 13.6. The molecule has 0 aliphatic rings. The fraction of sp³-hybridized carbons (Fsp3) is 0.600. The highest BCUT2D eigenvalue weighted by Gasteiger charge is 2.10. The largest absolute Gasteiger partial charge is 0.375 e. The Kier molecular flexibility index (Phi) is 5.79. The third kappa shape index (κ3) is 6.15. The number of rotatable bonds is 6. The minimum absolute atomic E-state index is 0.0553. The van der Waals surface area contributed by atoms with Gasteiger partial charge in [0.25, 0.3) is 0 Å². The first kappa shape index (κ1) is 15.2. The van der Waals surface area contributed by atoms with Gasteiger partial charge in [-0.25, -0.2) is 0 Å². The van der Waals surface area contributed by atoms with Gasteiger partial charge in [-0.15, -0.1) is 0 Å². The molecule has 2 N–H and O–H groups in total. The summed E-state index contributed by atoms with van der Waals surface area (Å²) in [7, 11) is 2.11. The Morgan fingerprint density at radius 2 is 1.89 bits per heavy atom. The summed E-state index contributed by atoms with van der Waals surface area (Å²) < 4.78 is 5.72. The second-order valence-corrected chi connectivity index (χ2v) is 5.72. The standard InChI is InChI=1S/C15H26N2O/c1-15(2,3)18-9-8-17(4)12-14-7-5-6-13(10-14)11-16/h5-7,10H,8-9,11-12,16H2,1-4H3. The molecule has 0 saturated carbocycles. The normalized spacial score (nSPS) is 12.1. The summed E-state index contributed by atoms with van der Waals surface area (Å²) in [6.07, 6.45) is 0. The molecule has 3 nitrogen and oxygen atoms in total. The zero-order valence-electron chi connectivity index (χ0n) is 12.1. The highest BCUT2D eigenvalue weighted by Crippen LogP contribution is 2.09. The molecule has 0 fully saturated rings. The molecule has 0 saturated heterocycles. The zero-order valence-corrected chi connectivity index (χ0v) is 12.1. The van der Waals surface area contributed by atoms with E-state index in [1.165, 1.54) is 11.1 Å². The Bertz CT molecular complexity index is 358. The maximum atomic E-state index is 5.72. The van der Waals surface area contributed by atoms with Crippen LogP contribution in [-0.4, -0.2) is 30.7 Å². The molecule has 1 aromatic rings. The molecular formula is C15H26N2O. The van der Waals surface area contributed by atoms with Gasteiger partial charge >= 0.3 is 0 Å². The van der Waals surface area contributed by atoms with Crippen LogP contribution in [0.5, 0.6) is 0 Å². The van der Waals surface area contributed by atoms with Crippen LogP contribution in [0.2, 0.25) is 0 Å². The Morgan fingerprint density at radius 1 is 1.22 bits per heavy atom. The minimum atomic E-state index is -0.0553. The fourth-order valence-corrected chi connectivity index (χ4v) is 1.75. The van der Waals surface area contributed by atoms with E-state index in [9.17, 15) is 0 Å². The number of nitrogens with two attached hydrogens (primary N) is 1. The van der Waals surface area contributed by atoms with Gasteiger partial charge in [0.2, 0.25) is 0 Å². The molecular weight excluding hydrogens is 224 g/mol. The summed E-state index contributed by atoms with van der Waals surface area (Å²) in [6, 6.07) is 8.44. The molecule has 0 amide bonds. The quantitative estimate of drug-likeness (QED) is 0.842. The van der Waals surface area contributed by atoms with Crippen molar-refractivity contribution >= 4 is 0 Å². The molecule has 0 unspecified atom stereocenters. The smallest absolute Gasteiger partial charge is 0.0600 e. The van der Waals surface area contributed by atoms with Gasteiger partial charge in [-0.1, -0.05) is 24.3 Å². The van der Waals surface area contributed by atoms with Crippen molar-refractivity contribution < 1.29 is 4.74 Å². The van der Waals surface area contributed by atoms with Crippen LogP contribution >= 0.6 is 0 Å². The lowest BCUT2D eigenvalue weighted by molar-refractivity contribution is -0.0113. The first-order valence-corrected chi connectivity index (χ1v) is 6.51. The Balaban J connectivity index is 2.37. The highest BCUT2D eigenvalue weighted by atomic mass is 16.5. The van der Waals surface area contributed by atoms with E-state index in [-0.39, 0.29) is 5.60 Å². The van der Waals surface area contributed by atoms with E-state index in [0.29, 0.717) is 6.54 Å². The molecule has 102 valence electrons. The van der Waals surface area contributed by atoms with E-state index in [1.807, 2.05) is 0 Å². The molecule has 1 rings (SSSR count). The maximum absolute atomic E-state index is 5.72. The van der Waals surface area contributed by atoms with Gasteiger partial charge in [-0.05, 0) is 38.9 Å². The topological polar surface area (TPSA) is 38.5 Å². The summed E-state index contributed by atoms with van der Waals surface area (Å²) in [5, 5.41) is 0. The minimum Gasteiger partial charge on any atom is -0.375 e. The predicted octanol–water partition coefficient (Wildman–Crippen LogP) is 2.39.